The highest BCUT2D eigenvalue weighted by Gasteiger charge is 2.32. The number of carbonyl (C=O) groups is 3. The zero-order chi connectivity index (χ0) is 16.9. The highest BCUT2D eigenvalue weighted by molar-refractivity contribution is 6.13. The summed E-state index contributed by atoms with van der Waals surface area (Å²) in [6.45, 7) is 4.92. The maximum atomic E-state index is 12.9. The molecule has 0 spiro atoms. The third kappa shape index (κ3) is 5.16. The Morgan fingerprint density at radius 3 is 2.14 bits per heavy atom. The summed E-state index contributed by atoms with van der Waals surface area (Å²) >= 11 is 0. The van der Waals surface area contributed by atoms with Crippen LogP contribution in [0.2, 0.25) is 0 Å². The normalized spacial score (nSPS) is 12.2. The van der Waals surface area contributed by atoms with Crippen LogP contribution in [-0.2, 0) is 14.3 Å². The minimum absolute atomic E-state index is 0.0628. The highest BCUT2D eigenvalue weighted by Crippen LogP contribution is 2.10. The monoisotopic (exact) mass is 311 g/mol. The largest absolute Gasteiger partial charge is 0.467 e. The molecule has 0 saturated carbocycles. The van der Waals surface area contributed by atoms with Crippen LogP contribution in [0.1, 0.15) is 31.1 Å². The predicted molar refractivity (Wildman–Crippen MR) is 75.9 cm³/mol. The molecule has 0 aliphatic heterocycles. The zero-order valence-electron chi connectivity index (χ0n) is 12.8. The third-order valence-corrected chi connectivity index (χ3v) is 2.49. The van der Waals surface area contributed by atoms with Crippen molar-refractivity contribution in [1.29, 1.82) is 0 Å². The average molecular weight is 311 g/mol. The standard InChI is InChI=1S/C15H18FNO5/c1-15(2,3)22-14(20)17-11(13(19)21-4)12(18)9-5-7-10(16)8-6-9/h5-8,11H,1-4H3,(H,17,20). The van der Waals surface area contributed by atoms with E-state index in [2.05, 4.69) is 10.1 Å². The van der Waals surface area contributed by atoms with Crippen LogP contribution in [-0.4, -0.2) is 36.6 Å². The Kier molecular flexibility index (Phi) is 5.62. The molecule has 0 heterocycles. The number of halogens is 1. The second-order valence-electron chi connectivity index (χ2n) is 5.47. The summed E-state index contributed by atoms with van der Waals surface area (Å²) in [6.07, 6.45) is -0.932. The first-order valence-corrected chi connectivity index (χ1v) is 6.51. The highest BCUT2D eigenvalue weighted by atomic mass is 19.1. The molecule has 1 aromatic rings. The summed E-state index contributed by atoms with van der Waals surface area (Å²) in [5.41, 5.74) is -0.725. The van der Waals surface area contributed by atoms with Crippen molar-refractivity contribution in [3.05, 3.63) is 35.6 Å². The molecule has 1 amide bonds. The summed E-state index contributed by atoms with van der Waals surface area (Å²) in [5.74, 6) is -2.19. The van der Waals surface area contributed by atoms with Crippen molar-refractivity contribution in [2.24, 2.45) is 0 Å². The number of ether oxygens (including phenoxy) is 2. The number of nitrogens with one attached hydrogen (secondary N) is 1. The van der Waals surface area contributed by atoms with Gasteiger partial charge in [-0.2, -0.15) is 0 Å². The number of methoxy groups -OCH3 is 1. The predicted octanol–water partition coefficient (Wildman–Crippen LogP) is 2.07. The minimum atomic E-state index is -1.56. The lowest BCUT2D eigenvalue weighted by atomic mass is 10.0. The van der Waals surface area contributed by atoms with E-state index in [0.717, 1.165) is 19.2 Å². The molecule has 1 unspecified atom stereocenters. The molecular formula is C15H18FNO5. The van der Waals surface area contributed by atoms with Gasteiger partial charge in [0.2, 0.25) is 0 Å². The second kappa shape index (κ2) is 7.02. The van der Waals surface area contributed by atoms with Crippen molar-refractivity contribution in [2.45, 2.75) is 32.4 Å². The fourth-order valence-corrected chi connectivity index (χ4v) is 1.56. The molecule has 0 aliphatic carbocycles. The minimum Gasteiger partial charge on any atom is -0.467 e. The van der Waals surface area contributed by atoms with Gasteiger partial charge in [0.25, 0.3) is 0 Å². The first kappa shape index (κ1) is 17.6. The van der Waals surface area contributed by atoms with Crippen LogP contribution in [0.25, 0.3) is 0 Å². The first-order valence-electron chi connectivity index (χ1n) is 6.51. The molecule has 0 radical (unpaired) electrons. The molecule has 1 rings (SSSR count). The number of hydrogen-bond acceptors (Lipinski definition) is 5. The molecule has 7 heteroatoms. The Labute approximate surface area is 127 Å². The molecule has 0 fully saturated rings. The summed E-state index contributed by atoms with van der Waals surface area (Å²) in [5, 5.41) is 2.16. The van der Waals surface area contributed by atoms with E-state index in [1.165, 1.54) is 12.1 Å². The van der Waals surface area contributed by atoms with Crippen LogP contribution in [0.5, 0.6) is 0 Å². The smallest absolute Gasteiger partial charge is 0.408 e. The van der Waals surface area contributed by atoms with Gasteiger partial charge in [0.15, 0.2) is 11.8 Å². The number of carbonyl (C=O) groups excluding carboxylic acids is 3. The SMILES string of the molecule is COC(=O)C(NC(=O)OC(C)(C)C)C(=O)c1ccc(F)cc1. The number of hydrogen-bond donors (Lipinski definition) is 1. The van der Waals surface area contributed by atoms with Gasteiger partial charge in [0.05, 0.1) is 7.11 Å². The maximum Gasteiger partial charge on any atom is 0.408 e. The van der Waals surface area contributed by atoms with Gasteiger partial charge < -0.3 is 14.8 Å². The third-order valence-electron chi connectivity index (χ3n) is 2.49. The van der Waals surface area contributed by atoms with Crippen molar-refractivity contribution in [3.63, 3.8) is 0 Å². The van der Waals surface area contributed by atoms with E-state index in [0.29, 0.717) is 0 Å². The van der Waals surface area contributed by atoms with Crippen LogP contribution in [0.15, 0.2) is 24.3 Å². The number of benzene rings is 1. The lowest BCUT2D eigenvalue weighted by Crippen LogP contribution is -2.48. The van der Waals surface area contributed by atoms with Gasteiger partial charge in [-0.1, -0.05) is 0 Å². The van der Waals surface area contributed by atoms with Crippen molar-refractivity contribution < 1.29 is 28.2 Å². The zero-order valence-corrected chi connectivity index (χ0v) is 12.8. The van der Waals surface area contributed by atoms with Crippen molar-refractivity contribution in [2.75, 3.05) is 7.11 Å². The van der Waals surface area contributed by atoms with Crippen LogP contribution < -0.4 is 5.32 Å². The Hall–Kier alpha value is -2.44. The molecule has 22 heavy (non-hydrogen) atoms. The second-order valence-corrected chi connectivity index (χ2v) is 5.47. The van der Waals surface area contributed by atoms with E-state index in [1.54, 1.807) is 20.8 Å². The number of amides is 1. The van der Waals surface area contributed by atoms with Crippen molar-refractivity contribution >= 4 is 17.8 Å². The molecular weight excluding hydrogens is 293 g/mol. The molecule has 0 saturated heterocycles. The van der Waals surface area contributed by atoms with E-state index in [4.69, 9.17) is 4.74 Å². The fourth-order valence-electron chi connectivity index (χ4n) is 1.56. The first-order chi connectivity index (χ1) is 10.1. The molecule has 120 valence electrons. The van der Waals surface area contributed by atoms with Crippen molar-refractivity contribution in [3.8, 4) is 0 Å². The van der Waals surface area contributed by atoms with Gasteiger partial charge in [-0.05, 0) is 45.0 Å². The van der Waals surface area contributed by atoms with E-state index < -0.39 is 35.3 Å². The van der Waals surface area contributed by atoms with E-state index >= 15 is 0 Å². The van der Waals surface area contributed by atoms with Crippen LogP contribution in [0.4, 0.5) is 9.18 Å². The van der Waals surface area contributed by atoms with Gasteiger partial charge in [-0.25, -0.2) is 14.0 Å². The van der Waals surface area contributed by atoms with Crippen LogP contribution in [0, 0.1) is 5.82 Å². The summed E-state index contributed by atoms with van der Waals surface area (Å²) < 4.78 is 22.4. The fraction of sp³-hybridized carbons (Fsp3) is 0.400. The number of esters is 1. The van der Waals surface area contributed by atoms with Crippen molar-refractivity contribution in [1.82, 2.24) is 5.32 Å². The number of rotatable bonds is 4. The molecule has 0 aromatic heterocycles. The van der Waals surface area contributed by atoms with Crippen LogP contribution in [0.3, 0.4) is 0 Å². The quantitative estimate of drug-likeness (QED) is 0.523. The van der Waals surface area contributed by atoms with Gasteiger partial charge in [0.1, 0.15) is 11.4 Å². The Bertz CT molecular complexity index is 562. The van der Waals surface area contributed by atoms with E-state index in [-0.39, 0.29) is 5.56 Å². The van der Waals surface area contributed by atoms with Gasteiger partial charge in [0, 0.05) is 5.56 Å². The van der Waals surface area contributed by atoms with Gasteiger partial charge >= 0.3 is 12.1 Å². The molecule has 0 aliphatic rings. The topological polar surface area (TPSA) is 81.7 Å². The lowest BCUT2D eigenvalue weighted by molar-refractivity contribution is -0.141. The maximum absolute atomic E-state index is 12.9. The Morgan fingerprint density at radius 2 is 1.68 bits per heavy atom. The van der Waals surface area contributed by atoms with Gasteiger partial charge in [-0.3, -0.25) is 4.79 Å². The summed E-state index contributed by atoms with van der Waals surface area (Å²) in [7, 11) is 1.09. The Morgan fingerprint density at radius 1 is 1.14 bits per heavy atom. The van der Waals surface area contributed by atoms with Crippen LogP contribution >= 0.6 is 0 Å². The lowest BCUT2D eigenvalue weighted by Gasteiger charge is -2.22. The molecule has 1 atom stereocenters. The number of Topliss-reactive ketones (excluding diaryl/α,β-unsaturated/α-hetero) is 1. The molecule has 1 aromatic carbocycles. The number of ketones is 1. The van der Waals surface area contributed by atoms with E-state index in [9.17, 15) is 18.8 Å². The average Bonchev–Trinajstić information content (AvgIpc) is 2.42. The molecule has 6 nitrogen and oxygen atoms in total. The molecule has 0 bridgehead atoms. The summed E-state index contributed by atoms with van der Waals surface area (Å²) in [4.78, 5) is 35.7. The number of alkyl carbamates (subject to hydrolysis) is 1. The molecule has 1 N–H and O–H groups in total. The Balaban J connectivity index is 2.93. The van der Waals surface area contributed by atoms with E-state index in [1.807, 2.05) is 0 Å². The van der Waals surface area contributed by atoms with Gasteiger partial charge in [-0.15, -0.1) is 0 Å². The summed E-state index contributed by atoms with van der Waals surface area (Å²) in [6, 6.07) is 3.02.